The quantitative estimate of drug-likeness (QED) is 0.739. The van der Waals surface area contributed by atoms with E-state index in [9.17, 15) is 4.79 Å². The first kappa shape index (κ1) is 15.8. The molecule has 1 heterocycles. The van der Waals surface area contributed by atoms with Gasteiger partial charge in [0, 0.05) is 6.54 Å². The highest BCUT2D eigenvalue weighted by Gasteiger charge is 2.49. The Hall–Kier alpha value is -0.570. The molecule has 0 radical (unpaired) electrons. The number of carbonyl (C=O) groups is 1. The van der Waals surface area contributed by atoms with Crippen molar-refractivity contribution in [3.8, 4) is 0 Å². The largest absolute Gasteiger partial charge is 0.466 e. The molecule has 2 fully saturated rings. The molecule has 0 bridgehead atoms. The predicted molar refractivity (Wildman–Crippen MR) is 81.5 cm³/mol. The summed E-state index contributed by atoms with van der Waals surface area (Å²) in [5.41, 5.74) is 1.12. The van der Waals surface area contributed by atoms with E-state index in [0.717, 1.165) is 25.6 Å². The van der Waals surface area contributed by atoms with Gasteiger partial charge in [0.15, 0.2) is 0 Å². The van der Waals surface area contributed by atoms with E-state index in [1.54, 1.807) is 0 Å². The fourth-order valence-corrected chi connectivity index (χ4v) is 3.74. The molecule has 2 rings (SSSR count). The summed E-state index contributed by atoms with van der Waals surface area (Å²) in [6.45, 7) is 12.7. The minimum Gasteiger partial charge on any atom is -0.466 e. The van der Waals surface area contributed by atoms with Gasteiger partial charge in [0.1, 0.15) is 0 Å². The zero-order chi connectivity index (χ0) is 14.8. The van der Waals surface area contributed by atoms with Crippen LogP contribution >= 0.6 is 0 Å². The van der Waals surface area contributed by atoms with Gasteiger partial charge in [-0.2, -0.15) is 0 Å². The second-order valence-corrected chi connectivity index (χ2v) is 7.87. The molecule has 3 nitrogen and oxygen atoms in total. The maximum absolute atomic E-state index is 11.4. The normalized spacial score (nSPS) is 23.6. The molecular formula is C17H31NO2. The summed E-state index contributed by atoms with van der Waals surface area (Å²) in [5.74, 6) is 0.859. The number of esters is 1. The van der Waals surface area contributed by atoms with Gasteiger partial charge in [0.05, 0.1) is 13.0 Å². The summed E-state index contributed by atoms with van der Waals surface area (Å²) in [4.78, 5) is 13.8. The molecule has 1 aliphatic carbocycles. The Morgan fingerprint density at radius 3 is 2.35 bits per heavy atom. The maximum atomic E-state index is 11.4. The van der Waals surface area contributed by atoms with Gasteiger partial charge in [-0.25, -0.2) is 0 Å². The van der Waals surface area contributed by atoms with Crippen LogP contribution in [-0.4, -0.2) is 37.1 Å². The Morgan fingerprint density at radius 1 is 1.25 bits per heavy atom. The highest BCUT2D eigenvalue weighted by atomic mass is 16.5. The molecule has 0 unspecified atom stereocenters. The molecule has 1 aliphatic heterocycles. The lowest BCUT2D eigenvalue weighted by Crippen LogP contribution is -2.50. The van der Waals surface area contributed by atoms with Crippen LogP contribution in [0, 0.1) is 16.7 Å². The Labute approximate surface area is 124 Å². The Bertz CT molecular complexity index is 329. The topological polar surface area (TPSA) is 29.5 Å². The minimum atomic E-state index is -0.0516. The fourth-order valence-electron chi connectivity index (χ4n) is 3.74. The number of hydrogen-bond acceptors (Lipinski definition) is 3. The van der Waals surface area contributed by atoms with E-state index in [2.05, 4.69) is 25.7 Å². The van der Waals surface area contributed by atoms with E-state index >= 15 is 0 Å². The van der Waals surface area contributed by atoms with Crippen molar-refractivity contribution >= 4 is 5.97 Å². The van der Waals surface area contributed by atoms with Gasteiger partial charge in [-0.05, 0) is 62.4 Å². The third-order valence-corrected chi connectivity index (χ3v) is 5.44. The number of carbonyl (C=O) groups excluding carboxylic acids is 1. The number of rotatable bonds is 4. The first-order chi connectivity index (χ1) is 9.35. The molecule has 0 aromatic carbocycles. The summed E-state index contributed by atoms with van der Waals surface area (Å²) in [6.07, 6.45) is 6.03. The van der Waals surface area contributed by atoms with Crippen molar-refractivity contribution in [3.05, 3.63) is 0 Å². The molecule has 0 aromatic rings. The lowest BCUT2D eigenvalue weighted by molar-refractivity contribution is -0.143. The number of piperidine rings is 1. The Kier molecular flexibility index (Phi) is 4.78. The van der Waals surface area contributed by atoms with Gasteiger partial charge >= 0.3 is 5.97 Å². The molecule has 20 heavy (non-hydrogen) atoms. The van der Waals surface area contributed by atoms with Crippen molar-refractivity contribution < 1.29 is 9.53 Å². The van der Waals surface area contributed by atoms with Crippen LogP contribution in [0.15, 0.2) is 0 Å². The van der Waals surface area contributed by atoms with Crippen LogP contribution in [-0.2, 0) is 9.53 Å². The van der Waals surface area contributed by atoms with Crippen molar-refractivity contribution in [3.63, 3.8) is 0 Å². The molecule has 1 saturated carbocycles. The third-order valence-electron chi connectivity index (χ3n) is 5.44. The minimum absolute atomic E-state index is 0.0516. The van der Waals surface area contributed by atoms with Gasteiger partial charge in [-0.15, -0.1) is 0 Å². The first-order valence-corrected chi connectivity index (χ1v) is 8.23. The average Bonchev–Trinajstić information content (AvgIpc) is 2.33. The van der Waals surface area contributed by atoms with Crippen LogP contribution in [0.25, 0.3) is 0 Å². The molecule has 1 saturated heterocycles. The summed E-state index contributed by atoms with van der Waals surface area (Å²) in [6, 6.07) is 0. The zero-order valence-electron chi connectivity index (χ0n) is 13.7. The Balaban J connectivity index is 1.68. The highest BCUT2D eigenvalue weighted by Crippen LogP contribution is 2.57. The molecule has 116 valence electrons. The summed E-state index contributed by atoms with van der Waals surface area (Å²) < 4.78 is 4.99. The van der Waals surface area contributed by atoms with E-state index < -0.39 is 0 Å². The average molecular weight is 281 g/mol. The molecule has 3 heteroatoms. The first-order valence-electron chi connectivity index (χ1n) is 8.23. The smallest absolute Gasteiger partial charge is 0.307 e. The monoisotopic (exact) mass is 281 g/mol. The SMILES string of the molecule is CCOC(=O)CCN1CCC2(CC1)CC(C(C)(C)C)C2. The highest BCUT2D eigenvalue weighted by molar-refractivity contribution is 5.69. The summed E-state index contributed by atoms with van der Waals surface area (Å²) in [7, 11) is 0. The molecule has 0 amide bonds. The van der Waals surface area contributed by atoms with Crippen molar-refractivity contribution in [1.29, 1.82) is 0 Å². The van der Waals surface area contributed by atoms with Crippen molar-refractivity contribution in [2.45, 2.75) is 59.8 Å². The molecule has 0 aromatic heterocycles. The molecule has 0 N–H and O–H groups in total. The summed E-state index contributed by atoms with van der Waals surface area (Å²) >= 11 is 0. The second kappa shape index (κ2) is 6.05. The van der Waals surface area contributed by atoms with Gasteiger partial charge in [-0.1, -0.05) is 20.8 Å². The Morgan fingerprint density at radius 2 is 1.85 bits per heavy atom. The molecule has 0 atom stereocenters. The van der Waals surface area contributed by atoms with Gasteiger partial charge in [0.2, 0.25) is 0 Å². The maximum Gasteiger partial charge on any atom is 0.307 e. The van der Waals surface area contributed by atoms with Crippen molar-refractivity contribution in [1.82, 2.24) is 4.90 Å². The van der Waals surface area contributed by atoms with E-state index in [0.29, 0.717) is 23.9 Å². The molecular weight excluding hydrogens is 250 g/mol. The van der Waals surface area contributed by atoms with E-state index in [4.69, 9.17) is 4.74 Å². The van der Waals surface area contributed by atoms with Crippen LogP contribution < -0.4 is 0 Å². The van der Waals surface area contributed by atoms with Crippen LogP contribution in [0.1, 0.15) is 59.8 Å². The van der Waals surface area contributed by atoms with Crippen molar-refractivity contribution in [2.24, 2.45) is 16.7 Å². The lowest BCUT2D eigenvalue weighted by atomic mass is 9.52. The number of nitrogens with zero attached hydrogens (tertiary/aromatic N) is 1. The lowest BCUT2D eigenvalue weighted by Gasteiger charge is -2.56. The van der Waals surface area contributed by atoms with Crippen LogP contribution in [0.3, 0.4) is 0 Å². The third kappa shape index (κ3) is 3.75. The van der Waals surface area contributed by atoms with Gasteiger partial charge in [0.25, 0.3) is 0 Å². The van der Waals surface area contributed by atoms with Crippen molar-refractivity contribution in [2.75, 3.05) is 26.2 Å². The van der Waals surface area contributed by atoms with Gasteiger partial charge in [-0.3, -0.25) is 4.79 Å². The molecule has 1 spiro atoms. The number of ether oxygens (including phenoxy) is 1. The standard InChI is InChI=1S/C17H31NO2/c1-5-20-15(19)6-9-18-10-7-17(8-11-18)12-14(13-17)16(2,3)4/h14H,5-13H2,1-4H3. The summed E-state index contributed by atoms with van der Waals surface area (Å²) in [5, 5.41) is 0. The zero-order valence-corrected chi connectivity index (χ0v) is 13.7. The number of hydrogen-bond donors (Lipinski definition) is 0. The van der Waals surface area contributed by atoms with Crippen LogP contribution in [0.5, 0.6) is 0 Å². The molecule has 2 aliphatic rings. The van der Waals surface area contributed by atoms with E-state index in [1.165, 1.54) is 25.7 Å². The number of likely N-dealkylation sites (tertiary alicyclic amines) is 1. The van der Waals surface area contributed by atoms with Crippen LogP contribution in [0.2, 0.25) is 0 Å². The van der Waals surface area contributed by atoms with Crippen LogP contribution in [0.4, 0.5) is 0 Å². The van der Waals surface area contributed by atoms with E-state index in [-0.39, 0.29) is 5.97 Å². The second-order valence-electron chi connectivity index (χ2n) is 7.87. The predicted octanol–water partition coefficient (Wildman–Crippen LogP) is 3.48. The van der Waals surface area contributed by atoms with E-state index in [1.807, 2.05) is 6.92 Å². The fraction of sp³-hybridized carbons (Fsp3) is 0.941. The van der Waals surface area contributed by atoms with Gasteiger partial charge < -0.3 is 9.64 Å².